The summed E-state index contributed by atoms with van der Waals surface area (Å²) in [5.41, 5.74) is 1.61. The van der Waals surface area contributed by atoms with Crippen LogP contribution in [0.15, 0.2) is 23.4 Å². The number of likely N-dealkylation sites (N-methyl/N-ethyl adjacent to an activating group) is 1. The number of ether oxygens (including phenoxy) is 1. The van der Waals surface area contributed by atoms with Gasteiger partial charge in [0, 0.05) is 18.7 Å². The van der Waals surface area contributed by atoms with Gasteiger partial charge in [0.05, 0.1) is 41.4 Å². The summed E-state index contributed by atoms with van der Waals surface area (Å²) in [6, 6.07) is 5.19. The van der Waals surface area contributed by atoms with Crippen molar-refractivity contribution < 1.29 is 22.7 Å². The van der Waals surface area contributed by atoms with Crippen LogP contribution in [0, 0.1) is 0 Å². The zero-order valence-corrected chi connectivity index (χ0v) is 18.6. The number of hydrogen-bond donors (Lipinski definition) is 2. The summed E-state index contributed by atoms with van der Waals surface area (Å²) in [4.78, 5) is 33.8. The molecule has 2 amide bonds. The zero-order chi connectivity index (χ0) is 21.7. The van der Waals surface area contributed by atoms with Gasteiger partial charge >= 0.3 is 0 Å². The molecule has 1 aromatic carbocycles. The van der Waals surface area contributed by atoms with Gasteiger partial charge in [-0.15, -0.1) is 0 Å². The Morgan fingerprint density at radius 3 is 2.83 bits per heavy atom. The molecule has 1 aliphatic rings. The molecule has 0 spiro atoms. The maximum atomic E-state index is 12.5. The van der Waals surface area contributed by atoms with Gasteiger partial charge in [0.2, 0.25) is 11.8 Å². The number of aromatic amines is 1. The van der Waals surface area contributed by atoms with Gasteiger partial charge < -0.3 is 19.9 Å². The Morgan fingerprint density at radius 1 is 1.37 bits per heavy atom. The Hall–Kier alpha value is -2.27. The zero-order valence-electron chi connectivity index (χ0n) is 17.0. The molecule has 1 atom stereocenters. The van der Waals surface area contributed by atoms with Crippen molar-refractivity contribution >= 4 is 44.4 Å². The number of amides is 2. The van der Waals surface area contributed by atoms with Crippen LogP contribution >= 0.6 is 11.8 Å². The average molecular weight is 455 g/mol. The predicted octanol–water partition coefficient (Wildman–Crippen LogP) is 1.21. The quantitative estimate of drug-likeness (QED) is 0.546. The van der Waals surface area contributed by atoms with Gasteiger partial charge in [0.1, 0.15) is 5.75 Å². The molecule has 11 heteroatoms. The number of carbonyl (C=O) groups is 2. The fourth-order valence-electron chi connectivity index (χ4n) is 3.24. The predicted molar refractivity (Wildman–Crippen MR) is 115 cm³/mol. The van der Waals surface area contributed by atoms with Crippen molar-refractivity contribution in [3.63, 3.8) is 0 Å². The second-order valence-electron chi connectivity index (χ2n) is 7.02. The molecule has 1 unspecified atom stereocenters. The molecule has 1 fully saturated rings. The molecule has 164 valence electrons. The summed E-state index contributed by atoms with van der Waals surface area (Å²) < 4.78 is 28.5. The van der Waals surface area contributed by atoms with Gasteiger partial charge in [-0.2, -0.15) is 0 Å². The maximum absolute atomic E-state index is 12.5. The minimum absolute atomic E-state index is 0.0360. The smallest absolute Gasteiger partial charge is 0.239 e. The Balaban J connectivity index is 1.52. The van der Waals surface area contributed by atoms with E-state index in [4.69, 9.17) is 4.74 Å². The van der Waals surface area contributed by atoms with Crippen LogP contribution in [0.2, 0.25) is 0 Å². The summed E-state index contributed by atoms with van der Waals surface area (Å²) >= 11 is 1.27. The molecule has 3 rings (SSSR count). The molecule has 2 heterocycles. The number of benzene rings is 1. The van der Waals surface area contributed by atoms with Gasteiger partial charge in [-0.1, -0.05) is 11.8 Å². The van der Waals surface area contributed by atoms with E-state index in [2.05, 4.69) is 15.3 Å². The molecule has 0 radical (unpaired) electrons. The number of thioether (sulfide) groups is 1. The third-order valence-electron chi connectivity index (χ3n) is 4.74. The molecule has 1 aliphatic heterocycles. The van der Waals surface area contributed by atoms with E-state index in [9.17, 15) is 18.0 Å². The van der Waals surface area contributed by atoms with E-state index >= 15 is 0 Å². The second-order valence-corrected chi connectivity index (χ2v) is 10.2. The van der Waals surface area contributed by atoms with Crippen molar-refractivity contribution in [3.8, 4) is 5.75 Å². The van der Waals surface area contributed by atoms with E-state index in [0.717, 1.165) is 16.8 Å². The van der Waals surface area contributed by atoms with Crippen molar-refractivity contribution in [2.75, 3.05) is 37.0 Å². The van der Waals surface area contributed by atoms with E-state index in [1.165, 1.54) is 16.7 Å². The lowest BCUT2D eigenvalue weighted by Gasteiger charge is -2.21. The molecule has 0 bridgehead atoms. The maximum Gasteiger partial charge on any atom is 0.239 e. The fraction of sp³-hybridized carbons (Fsp3) is 0.526. The highest BCUT2D eigenvalue weighted by molar-refractivity contribution is 7.99. The minimum atomic E-state index is -3.06. The lowest BCUT2D eigenvalue weighted by molar-refractivity contribution is -0.134. The van der Waals surface area contributed by atoms with Crippen molar-refractivity contribution in [2.45, 2.75) is 31.5 Å². The standard InChI is InChI=1S/C19H26N4O5S2/c1-3-23(10-17(24)20-13-7-8-30(26,27)12-13)18(25)11-29-19-21-15-6-5-14(28-4-2)9-16(15)22-19/h5-6,9,13H,3-4,7-8,10-12H2,1-2H3,(H,20,24)(H,21,22). The number of sulfone groups is 1. The molecule has 2 N–H and O–H groups in total. The number of rotatable bonds is 9. The van der Waals surface area contributed by atoms with Crippen LogP contribution < -0.4 is 10.1 Å². The second kappa shape index (κ2) is 9.69. The number of imidazole rings is 1. The Bertz CT molecular complexity index is 1020. The van der Waals surface area contributed by atoms with E-state index in [0.29, 0.717) is 24.7 Å². The molecule has 1 saturated heterocycles. The molecule has 30 heavy (non-hydrogen) atoms. The van der Waals surface area contributed by atoms with Crippen LogP contribution in [-0.4, -0.2) is 78.1 Å². The van der Waals surface area contributed by atoms with Gasteiger partial charge in [0.15, 0.2) is 15.0 Å². The van der Waals surface area contributed by atoms with Crippen LogP contribution in [0.1, 0.15) is 20.3 Å². The van der Waals surface area contributed by atoms with Crippen LogP contribution in [-0.2, 0) is 19.4 Å². The Labute approximate surface area is 179 Å². The SMILES string of the molecule is CCOc1ccc2nc(SCC(=O)N(CC)CC(=O)NC3CCS(=O)(=O)C3)[nH]c2c1. The average Bonchev–Trinajstić information content (AvgIpc) is 3.26. The minimum Gasteiger partial charge on any atom is -0.494 e. The Kier molecular flexibility index (Phi) is 7.24. The van der Waals surface area contributed by atoms with Crippen molar-refractivity contribution in [3.05, 3.63) is 18.2 Å². The van der Waals surface area contributed by atoms with E-state index in [1.54, 1.807) is 6.92 Å². The Morgan fingerprint density at radius 2 is 2.17 bits per heavy atom. The number of hydrogen-bond acceptors (Lipinski definition) is 7. The number of carbonyl (C=O) groups excluding carboxylic acids is 2. The third kappa shape index (κ3) is 5.88. The van der Waals surface area contributed by atoms with E-state index in [-0.39, 0.29) is 41.7 Å². The molecule has 2 aromatic rings. The lowest BCUT2D eigenvalue weighted by atomic mass is 10.2. The molecular formula is C19H26N4O5S2. The first kappa shape index (κ1) is 22.4. The van der Waals surface area contributed by atoms with Crippen LogP contribution in [0.4, 0.5) is 0 Å². The van der Waals surface area contributed by atoms with Crippen molar-refractivity contribution in [1.29, 1.82) is 0 Å². The summed E-state index contributed by atoms with van der Waals surface area (Å²) in [5.74, 6) is 0.410. The number of nitrogens with one attached hydrogen (secondary N) is 2. The fourth-order valence-corrected chi connectivity index (χ4v) is 5.70. The largest absolute Gasteiger partial charge is 0.494 e. The monoisotopic (exact) mass is 454 g/mol. The van der Waals surface area contributed by atoms with Crippen molar-refractivity contribution in [2.24, 2.45) is 0 Å². The van der Waals surface area contributed by atoms with Gasteiger partial charge in [-0.05, 0) is 32.4 Å². The molecule has 1 aromatic heterocycles. The first-order chi connectivity index (χ1) is 14.3. The van der Waals surface area contributed by atoms with E-state index in [1.807, 2.05) is 25.1 Å². The van der Waals surface area contributed by atoms with Gasteiger partial charge in [-0.25, -0.2) is 13.4 Å². The normalized spacial score (nSPS) is 17.7. The number of H-pyrrole nitrogens is 1. The molecule has 9 nitrogen and oxygen atoms in total. The third-order valence-corrected chi connectivity index (χ3v) is 7.37. The van der Waals surface area contributed by atoms with Gasteiger partial charge in [-0.3, -0.25) is 9.59 Å². The number of aromatic nitrogens is 2. The summed E-state index contributed by atoms with van der Waals surface area (Å²) in [6.07, 6.45) is 0.418. The lowest BCUT2D eigenvalue weighted by Crippen LogP contribution is -2.45. The summed E-state index contributed by atoms with van der Waals surface area (Å²) in [6.45, 7) is 4.58. The van der Waals surface area contributed by atoms with Crippen molar-refractivity contribution in [1.82, 2.24) is 20.2 Å². The van der Waals surface area contributed by atoms with E-state index < -0.39 is 9.84 Å². The number of nitrogens with zero attached hydrogens (tertiary/aromatic N) is 2. The number of fused-ring (bicyclic) bond motifs is 1. The molecule has 0 saturated carbocycles. The van der Waals surface area contributed by atoms with Gasteiger partial charge in [0.25, 0.3) is 0 Å². The topological polar surface area (TPSA) is 121 Å². The van der Waals surface area contributed by atoms with Crippen LogP contribution in [0.5, 0.6) is 5.75 Å². The summed E-state index contributed by atoms with van der Waals surface area (Å²) in [5, 5.41) is 3.33. The first-order valence-corrected chi connectivity index (χ1v) is 12.6. The molecule has 0 aliphatic carbocycles. The molecular weight excluding hydrogens is 428 g/mol. The highest BCUT2D eigenvalue weighted by Gasteiger charge is 2.29. The highest BCUT2D eigenvalue weighted by Crippen LogP contribution is 2.23. The van der Waals surface area contributed by atoms with Crippen LogP contribution in [0.25, 0.3) is 11.0 Å². The van der Waals surface area contributed by atoms with Crippen LogP contribution in [0.3, 0.4) is 0 Å². The summed E-state index contributed by atoms with van der Waals surface area (Å²) in [7, 11) is -3.06. The highest BCUT2D eigenvalue weighted by atomic mass is 32.2. The first-order valence-electron chi connectivity index (χ1n) is 9.82.